The highest BCUT2D eigenvalue weighted by atomic mass is 35.5. The molecular formula is C10H12ClNO2S2. The lowest BCUT2D eigenvalue weighted by atomic mass is 10.2. The summed E-state index contributed by atoms with van der Waals surface area (Å²) in [6, 6.07) is 6.93. The molecule has 0 bridgehead atoms. The Hall–Kier alpha value is -0.230. The van der Waals surface area contributed by atoms with Gasteiger partial charge < -0.3 is 0 Å². The van der Waals surface area contributed by atoms with Crippen molar-refractivity contribution in [2.24, 2.45) is 0 Å². The number of hydrogen-bond acceptors (Lipinski definition) is 3. The monoisotopic (exact) mass is 277 g/mol. The topological polar surface area (TPSA) is 37.4 Å². The second kappa shape index (κ2) is 4.96. The number of thioether (sulfide) groups is 1. The molecule has 0 aromatic heterocycles. The zero-order chi connectivity index (χ0) is 11.6. The average Bonchev–Trinajstić information content (AvgIpc) is 2.75. The molecule has 1 aliphatic heterocycles. The van der Waals surface area contributed by atoms with E-state index in [0.29, 0.717) is 17.4 Å². The third-order valence-corrected chi connectivity index (χ3v) is 5.55. The Kier molecular flexibility index (Phi) is 3.79. The summed E-state index contributed by atoms with van der Waals surface area (Å²) in [6.45, 7) is 0.626. The van der Waals surface area contributed by atoms with Gasteiger partial charge in [-0.25, -0.2) is 8.42 Å². The molecule has 0 N–H and O–H groups in total. The van der Waals surface area contributed by atoms with Crippen molar-refractivity contribution >= 4 is 33.4 Å². The lowest BCUT2D eigenvalue weighted by Crippen LogP contribution is -2.29. The summed E-state index contributed by atoms with van der Waals surface area (Å²) >= 11 is 7.39. The number of sulfonamides is 1. The third kappa shape index (κ3) is 2.91. The summed E-state index contributed by atoms with van der Waals surface area (Å²) in [4.78, 5) is 0. The smallest absolute Gasteiger partial charge is 0.212 e. The Morgan fingerprint density at radius 2 is 2.00 bits per heavy atom. The minimum Gasteiger partial charge on any atom is -0.212 e. The van der Waals surface area contributed by atoms with E-state index in [9.17, 15) is 8.42 Å². The van der Waals surface area contributed by atoms with Gasteiger partial charge in [-0.1, -0.05) is 23.7 Å². The fourth-order valence-corrected chi connectivity index (χ4v) is 4.58. The average molecular weight is 278 g/mol. The molecule has 88 valence electrons. The van der Waals surface area contributed by atoms with Crippen LogP contribution in [0.1, 0.15) is 5.56 Å². The summed E-state index contributed by atoms with van der Waals surface area (Å²) < 4.78 is 25.5. The van der Waals surface area contributed by atoms with Crippen molar-refractivity contribution in [1.29, 1.82) is 0 Å². The molecule has 6 heteroatoms. The fraction of sp³-hybridized carbons (Fsp3) is 0.400. The highest BCUT2D eigenvalue weighted by Gasteiger charge is 2.25. The van der Waals surface area contributed by atoms with E-state index in [-0.39, 0.29) is 5.75 Å². The molecule has 1 aromatic carbocycles. The fourth-order valence-electron chi connectivity index (χ4n) is 1.50. The van der Waals surface area contributed by atoms with Crippen LogP contribution in [0, 0.1) is 0 Å². The number of rotatable bonds is 3. The molecule has 1 saturated heterocycles. The van der Waals surface area contributed by atoms with Crippen molar-refractivity contribution in [1.82, 2.24) is 4.31 Å². The van der Waals surface area contributed by atoms with Gasteiger partial charge in [0.15, 0.2) is 0 Å². The number of benzene rings is 1. The zero-order valence-electron chi connectivity index (χ0n) is 8.60. The van der Waals surface area contributed by atoms with Crippen LogP contribution >= 0.6 is 23.4 Å². The number of hydrogen-bond donors (Lipinski definition) is 0. The van der Waals surface area contributed by atoms with Gasteiger partial charge in [-0.05, 0) is 17.7 Å². The highest BCUT2D eigenvalue weighted by molar-refractivity contribution is 8.00. The summed E-state index contributed by atoms with van der Waals surface area (Å²) in [6.07, 6.45) is 0. The van der Waals surface area contributed by atoms with Crippen LogP contribution in [0.15, 0.2) is 24.3 Å². The van der Waals surface area contributed by atoms with Crippen molar-refractivity contribution < 1.29 is 8.42 Å². The molecule has 0 unspecified atom stereocenters. The van der Waals surface area contributed by atoms with Crippen LogP contribution in [0.25, 0.3) is 0 Å². The zero-order valence-corrected chi connectivity index (χ0v) is 11.0. The van der Waals surface area contributed by atoms with E-state index >= 15 is 0 Å². The summed E-state index contributed by atoms with van der Waals surface area (Å²) in [5.74, 6) is 1.53. The van der Waals surface area contributed by atoms with Crippen LogP contribution in [0.5, 0.6) is 0 Å². The van der Waals surface area contributed by atoms with Crippen LogP contribution in [-0.2, 0) is 15.8 Å². The molecular weight excluding hydrogens is 266 g/mol. The van der Waals surface area contributed by atoms with E-state index in [1.54, 1.807) is 36.0 Å². The Morgan fingerprint density at radius 1 is 1.31 bits per heavy atom. The van der Waals surface area contributed by atoms with Crippen molar-refractivity contribution in [2.45, 2.75) is 5.75 Å². The first-order valence-electron chi connectivity index (χ1n) is 4.88. The maximum absolute atomic E-state index is 12.0. The lowest BCUT2D eigenvalue weighted by molar-refractivity contribution is 0.488. The first kappa shape index (κ1) is 12.2. The molecule has 3 nitrogen and oxygen atoms in total. The molecule has 0 atom stereocenters. The molecule has 1 aliphatic rings. The van der Waals surface area contributed by atoms with Crippen LogP contribution in [0.3, 0.4) is 0 Å². The number of halogens is 1. The van der Waals surface area contributed by atoms with Crippen LogP contribution < -0.4 is 0 Å². The van der Waals surface area contributed by atoms with Gasteiger partial charge in [0.1, 0.15) is 0 Å². The minimum absolute atomic E-state index is 0.0602. The Balaban J connectivity index is 2.11. The first-order chi connectivity index (χ1) is 7.58. The normalized spacial score (nSPS) is 17.8. The van der Waals surface area contributed by atoms with Gasteiger partial charge in [-0.2, -0.15) is 4.31 Å². The molecule has 0 aliphatic carbocycles. The molecule has 0 saturated carbocycles. The van der Waals surface area contributed by atoms with Crippen molar-refractivity contribution in [3.63, 3.8) is 0 Å². The summed E-state index contributed by atoms with van der Waals surface area (Å²) in [5.41, 5.74) is 0.779. The molecule has 0 spiro atoms. The Labute approximate surface area is 105 Å². The summed E-state index contributed by atoms with van der Waals surface area (Å²) in [5, 5.41) is 0.623. The second-order valence-corrected chi connectivity index (χ2v) is 7.08. The van der Waals surface area contributed by atoms with Gasteiger partial charge in [-0.3, -0.25) is 0 Å². The van der Waals surface area contributed by atoms with E-state index in [4.69, 9.17) is 11.6 Å². The first-order valence-corrected chi connectivity index (χ1v) is 8.02. The summed E-state index contributed by atoms with van der Waals surface area (Å²) in [7, 11) is -3.16. The van der Waals surface area contributed by atoms with Crippen molar-refractivity contribution in [2.75, 3.05) is 18.2 Å². The molecule has 1 aromatic rings. The van der Waals surface area contributed by atoms with Crippen molar-refractivity contribution in [3.8, 4) is 0 Å². The minimum atomic E-state index is -3.16. The third-order valence-electron chi connectivity index (χ3n) is 2.38. The number of nitrogens with zero attached hydrogens (tertiary/aromatic N) is 1. The molecule has 1 fully saturated rings. The largest absolute Gasteiger partial charge is 0.219 e. The highest BCUT2D eigenvalue weighted by Crippen LogP contribution is 2.20. The molecule has 16 heavy (non-hydrogen) atoms. The van der Waals surface area contributed by atoms with E-state index in [0.717, 1.165) is 11.3 Å². The Morgan fingerprint density at radius 3 is 2.56 bits per heavy atom. The van der Waals surface area contributed by atoms with Gasteiger partial charge >= 0.3 is 0 Å². The quantitative estimate of drug-likeness (QED) is 0.850. The molecule has 1 heterocycles. The van der Waals surface area contributed by atoms with Crippen LogP contribution in [0.2, 0.25) is 5.02 Å². The molecule has 2 rings (SSSR count). The van der Waals surface area contributed by atoms with E-state index in [1.165, 1.54) is 4.31 Å². The van der Waals surface area contributed by atoms with Gasteiger partial charge in [-0.15, -0.1) is 11.8 Å². The second-order valence-electron chi connectivity index (χ2n) is 3.60. The van der Waals surface area contributed by atoms with E-state index in [2.05, 4.69) is 0 Å². The lowest BCUT2D eigenvalue weighted by Gasteiger charge is -2.14. The predicted octanol–water partition coefficient (Wildman–Crippen LogP) is 2.18. The predicted molar refractivity (Wildman–Crippen MR) is 68.1 cm³/mol. The van der Waals surface area contributed by atoms with Gasteiger partial charge in [0.25, 0.3) is 0 Å². The van der Waals surface area contributed by atoms with Gasteiger partial charge in [0.2, 0.25) is 10.0 Å². The molecule has 0 amide bonds. The van der Waals surface area contributed by atoms with Crippen molar-refractivity contribution in [3.05, 3.63) is 34.9 Å². The standard InChI is InChI=1S/C10H12ClNO2S2/c11-10-3-1-9(2-4-10)7-16(13,14)12-5-6-15-8-12/h1-4H,5-8H2. The van der Waals surface area contributed by atoms with Gasteiger partial charge in [0, 0.05) is 17.3 Å². The molecule has 0 radical (unpaired) electrons. The van der Waals surface area contributed by atoms with Crippen LogP contribution in [-0.4, -0.2) is 30.9 Å². The Bertz CT molecular complexity index is 452. The maximum atomic E-state index is 12.0. The maximum Gasteiger partial charge on any atom is 0.219 e. The van der Waals surface area contributed by atoms with Gasteiger partial charge in [0.05, 0.1) is 11.6 Å². The van der Waals surface area contributed by atoms with E-state index in [1.807, 2.05) is 0 Å². The van der Waals surface area contributed by atoms with Crippen LogP contribution in [0.4, 0.5) is 0 Å². The van der Waals surface area contributed by atoms with E-state index < -0.39 is 10.0 Å². The SMILES string of the molecule is O=S(=O)(Cc1ccc(Cl)cc1)N1CCSC1.